The second-order valence-corrected chi connectivity index (χ2v) is 11.0. The Balaban J connectivity index is 1.27. The number of hydrogen-bond acceptors (Lipinski definition) is 5. The summed E-state index contributed by atoms with van der Waals surface area (Å²) in [5.74, 6) is 1.08. The van der Waals surface area contributed by atoms with E-state index in [4.69, 9.17) is 15.5 Å². The summed E-state index contributed by atoms with van der Waals surface area (Å²) in [5, 5.41) is 12.1. The van der Waals surface area contributed by atoms with Crippen LogP contribution in [0, 0.1) is 0 Å². The van der Waals surface area contributed by atoms with Crippen LogP contribution in [-0.2, 0) is 22.5 Å². The Morgan fingerprint density at radius 1 is 1.07 bits per heavy atom. The van der Waals surface area contributed by atoms with Crippen LogP contribution in [0.1, 0.15) is 43.0 Å². The smallest absolute Gasteiger partial charge is 0.404 e. The number of para-hydroxylation sites is 2. The second-order valence-electron chi connectivity index (χ2n) is 11.0. The van der Waals surface area contributed by atoms with Gasteiger partial charge in [-0.1, -0.05) is 48.5 Å². The summed E-state index contributed by atoms with van der Waals surface area (Å²) in [5.41, 5.74) is 11.6. The van der Waals surface area contributed by atoms with E-state index in [0.29, 0.717) is 31.8 Å². The zero-order chi connectivity index (χ0) is 29.5. The van der Waals surface area contributed by atoms with E-state index in [0.717, 1.165) is 59.4 Å². The fourth-order valence-electron chi connectivity index (χ4n) is 5.90. The van der Waals surface area contributed by atoms with E-state index < -0.39 is 12.1 Å². The summed E-state index contributed by atoms with van der Waals surface area (Å²) in [6, 6.07) is 23.3. The number of piperidine rings is 1. The lowest BCUT2D eigenvalue weighted by atomic mass is 9.95. The number of fused-ring (bicyclic) bond motifs is 1. The Hall–Kier alpha value is -4.37. The van der Waals surface area contributed by atoms with Crippen molar-refractivity contribution < 1.29 is 19.4 Å². The summed E-state index contributed by atoms with van der Waals surface area (Å²) < 4.78 is 7.56. The lowest BCUT2D eigenvalue weighted by Crippen LogP contribution is -2.44. The van der Waals surface area contributed by atoms with Crippen molar-refractivity contribution in [3.8, 4) is 11.1 Å². The quantitative estimate of drug-likeness (QED) is 0.167. The van der Waals surface area contributed by atoms with E-state index in [9.17, 15) is 14.7 Å². The van der Waals surface area contributed by atoms with Crippen LogP contribution in [-0.4, -0.2) is 64.4 Å². The van der Waals surface area contributed by atoms with E-state index >= 15 is 0 Å². The van der Waals surface area contributed by atoms with Crippen molar-refractivity contribution in [3.63, 3.8) is 0 Å². The van der Waals surface area contributed by atoms with Gasteiger partial charge in [-0.3, -0.25) is 4.79 Å². The highest BCUT2D eigenvalue weighted by Gasteiger charge is 2.30. The number of benzene rings is 3. The molecule has 0 unspecified atom stereocenters. The number of imidazole rings is 1. The molecule has 0 radical (unpaired) electrons. The van der Waals surface area contributed by atoms with Gasteiger partial charge >= 0.3 is 6.09 Å². The van der Waals surface area contributed by atoms with Gasteiger partial charge in [-0.05, 0) is 66.6 Å². The Morgan fingerprint density at radius 3 is 2.50 bits per heavy atom. The molecule has 0 saturated carbocycles. The maximum absolute atomic E-state index is 13.5. The van der Waals surface area contributed by atoms with Gasteiger partial charge in [0.15, 0.2) is 0 Å². The molecule has 0 spiro atoms. The van der Waals surface area contributed by atoms with Gasteiger partial charge in [0.1, 0.15) is 5.82 Å². The van der Waals surface area contributed by atoms with Gasteiger partial charge in [-0.2, -0.15) is 0 Å². The summed E-state index contributed by atoms with van der Waals surface area (Å²) in [7, 11) is 1.71. The van der Waals surface area contributed by atoms with Crippen LogP contribution in [0.2, 0.25) is 0 Å². The van der Waals surface area contributed by atoms with E-state index in [1.165, 1.54) is 0 Å². The molecule has 2 heterocycles. The largest absolute Gasteiger partial charge is 0.465 e. The number of nitrogens with zero attached hydrogens (tertiary/aromatic N) is 3. The molecule has 2 amide bonds. The predicted molar refractivity (Wildman–Crippen MR) is 164 cm³/mol. The molecule has 1 saturated heterocycles. The van der Waals surface area contributed by atoms with Gasteiger partial charge < -0.3 is 30.4 Å². The van der Waals surface area contributed by atoms with Gasteiger partial charge in [0.05, 0.1) is 11.0 Å². The number of nitrogens with two attached hydrogens (primary N) is 1. The van der Waals surface area contributed by atoms with Crippen molar-refractivity contribution in [3.05, 3.63) is 84.2 Å². The Bertz CT molecular complexity index is 1500. The van der Waals surface area contributed by atoms with E-state index in [2.05, 4.69) is 16.0 Å². The molecule has 4 aromatic rings. The second kappa shape index (κ2) is 13.5. The van der Waals surface area contributed by atoms with Crippen LogP contribution in [0.3, 0.4) is 0 Å². The number of hydrogen-bond donors (Lipinski definition) is 3. The Kier molecular flexibility index (Phi) is 9.38. The first-order valence-electron chi connectivity index (χ1n) is 14.6. The number of aryl methyl sites for hydroxylation is 1. The molecule has 4 N–H and O–H groups in total. The molecule has 9 nitrogen and oxygen atoms in total. The number of methoxy groups -OCH3 is 1. The van der Waals surface area contributed by atoms with Crippen LogP contribution >= 0.6 is 0 Å². The van der Waals surface area contributed by atoms with Gasteiger partial charge in [0.25, 0.3) is 0 Å². The van der Waals surface area contributed by atoms with Crippen molar-refractivity contribution in [1.29, 1.82) is 0 Å². The van der Waals surface area contributed by atoms with Crippen molar-refractivity contribution >= 4 is 28.7 Å². The predicted octanol–water partition coefficient (Wildman–Crippen LogP) is 5.30. The lowest BCUT2D eigenvalue weighted by molar-refractivity contribution is -0.132. The average Bonchev–Trinajstić information content (AvgIpc) is 3.36. The molecular formula is C33H39N5O4. The van der Waals surface area contributed by atoms with Gasteiger partial charge in [-0.25, -0.2) is 9.78 Å². The van der Waals surface area contributed by atoms with Crippen molar-refractivity contribution in [1.82, 2.24) is 19.8 Å². The number of amides is 2. The minimum Gasteiger partial charge on any atom is -0.465 e. The van der Waals surface area contributed by atoms with Crippen molar-refractivity contribution in [2.75, 3.05) is 32.5 Å². The average molecular weight is 570 g/mol. The SMILES string of the molecule is COCCCn1c([C@@H]2CCCN(C(=O)C[C@@H](Cc3ccc(-c4ccc(N)cc4)cc3)NC(=O)O)C2)nc2ccccc21. The molecule has 1 fully saturated rings. The number of carbonyl (C=O) groups excluding carboxylic acids is 1. The maximum Gasteiger partial charge on any atom is 0.404 e. The number of nitrogen functional groups attached to an aromatic ring is 1. The van der Waals surface area contributed by atoms with E-state index in [-0.39, 0.29) is 18.2 Å². The third-order valence-corrected chi connectivity index (χ3v) is 7.98. The van der Waals surface area contributed by atoms with Crippen molar-refractivity contribution in [2.24, 2.45) is 0 Å². The molecule has 2 atom stereocenters. The lowest BCUT2D eigenvalue weighted by Gasteiger charge is -2.33. The van der Waals surface area contributed by atoms with Crippen LogP contribution in [0.15, 0.2) is 72.8 Å². The van der Waals surface area contributed by atoms with Crippen LogP contribution in [0.4, 0.5) is 10.5 Å². The number of rotatable bonds is 11. The number of anilines is 1. The van der Waals surface area contributed by atoms with Gasteiger partial charge in [0, 0.05) is 57.4 Å². The molecule has 1 aliphatic rings. The first-order chi connectivity index (χ1) is 20.4. The monoisotopic (exact) mass is 569 g/mol. The van der Waals surface area contributed by atoms with Crippen LogP contribution in [0.5, 0.6) is 0 Å². The topological polar surface area (TPSA) is 123 Å². The fourth-order valence-corrected chi connectivity index (χ4v) is 5.90. The molecule has 220 valence electrons. The third kappa shape index (κ3) is 7.09. The van der Waals surface area contributed by atoms with Crippen LogP contribution < -0.4 is 11.1 Å². The summed E-state index contributed by atoms with van der Waals surface area (Å²) in [6.45, 7) is 2.71. The van der Waals surface area contributed by atoms with E-state index in [1.807, 2.05) is 71.6 Å². The zero-order valence-electron chi connectivity index (χ0n) is 24.0. The number of likely N-dealkylation sites (tertiary alicyclic amines) is 1. The number of carboxylic acid groups (broad SMARTS) is 1. The number of nitrogens with one attached hydrogen (secondary N) is 1. The zero-order valence-corrected chi connectivity index (χ0v) is 24.0. The maximum atomic E-state index is 13.5. The fraction of sp³-hybridized carbons (Fsp3) is 0.364. The Morgan fingerprint density at radius 2 is 1.79 bits per heavy atom. The van der Waals surface area contributed by atoms with E-state index in [1.54, 1.807) is 7.11 Å². The number of ether oxygens (including phenoxy) is 1. The highest BCUT2D eigenvalue weighted by atomic mass is 16.5. The highest BCUT2D eigenvalue weighted by molar-refractivity contribution is 5.78. The van der Waals surface area contributed by atoms with Crippen LogP contribution in [0.25, 0.3) is 22.2 Å². The molecule has 42 heavy (non-hydrogen) atoms. The van der Waals surface area contributed by atoms with Crippen molar-refractivity contribution in [2.45, 2.75) is 50.6 Å². The first-order valence-corrected chi connectivity index (χ1v) is 14.6. The molecule has 9 heteroatoms. The first kappa shape index (κ1) is 29.1. The molecule has 5 rings (SSSR count). The normalized spacial score (nSPS) is 15.9. The highest BCUT2D eigenvalue weighted by Crippen LogP contribution is 2.30. The Labute approximate surface area is 246 Å². The summed E-state index contributed by atoms with van der Waals surface area (Å²) in [6.07, 6.45) is 2.10. The molecular weight excluding hydrogens is 530 g/mol. The summed E-state index contributed by atoms with van der Waals surface area (Å²) >= 11 is 0. The standard InChI is InChI=1S/C33H39N5O4/c1-42-19-5-18-38-30-8-3-2-7-29(30)36-32(38)26-6-4-17-37(22-26)31(39)21-28(35-33(40)41)20-23-9-11-24(12-10-23)25-13-15-27(34)16-14-25/h2-3,7-16,26,28,35H,4-6,17-22,34H2,1H3,(H,40,41)/t26-,28-/m1/s1. The molecule has 0 bridgehead atoms. The van der Waals surface area contributed by atoms with Gasteiger partial charge in [-0.15, -0.1) is 0 Å². The summed E-state index contributed by atoms with van der Waals surface area (Å²) in [4.78, 5) is 32.0. The minimum absolute atomic E-state index is 0.0426. The third-order valence-electron chi connectivity index (χ3n) is 7.98. The number of aromatic nitrogens is 2. The minimum atomic E-state index is -1.13. The molecule has 3 aromatic carbocycles. The number of carbonyl (C=O) groups is 2. The molecule has 0 aliphatic carbocycles. The van der Waals surface area contributed by atoms with Gasteiger partial charge in [0.2, 0.25) is 5.91 Å². The molecule has 1 aliphatic heterocycles. The molecule has 1 aromatic heterocycles.